The maximum Gasteiger partial charge on any atom is 0.244 e. The predicted molar refractivity (Wildman–Crippen MR) is 78.1 cm³/mol. The van der Waals surface area contributed by atoms with E-state index in [2.05, 4.69) is 10.3 Å². The van der Waals surface area contributed by atoms with Crippen LogP contribution in [0.15, 0.2) is 54.9 Å². The molecule has 0 aliphatic rings. The average Bonchev–Trinajstić information content (AvgIpc) is 2.52. The topological polar surface area (TPSA) is 51.2 Å². The van der Waals surface area contributed by atoms with Crippen LogP contribution in [0, 0.1) is 0 Å². The number of aromatic nitrogens is 1. The summed E-state index contributed by atoms with van der Waals surface area (Å²) < 4.78 is 5.08. The number of carbonyl (C=O) groups is 1. The van der Waals surface area contributed by atoms with E-state index in [0.717, 1.165) is 16.9 Å². The van der Waals surface area contributed by atoms with E-state index in [4.69, 9.17) is 4.74 Å². The lowest BCUT2D eigenvalue weighted by atomic mass is 10.2. The predicted octanol–water partition coefficient (Wildman–Crippen LogP) is 2.42. The van der Waals surface area contributed by atoms with E-state index >= 15 is 0 Å². The molecule has 0 aliphatic carbocycles. The molecule has 0 spiro atoms. The first-order valence-electron chi connectivity index (χ1n) is 6.27. The van der Waals surface area contributed by atoms with Gasteiger partial charge in [0.05, 0.1) is 7.11 Å². The quantitative estimate of drug-likeness (QED) is 0.847. The molecule has 0 bridgehead atoms. The van der Waals surface area contributed by atoms with Crippen molar-refractivity contribution in [3.63, 3.8) is 0 Å². The first kappa shape index (κ1) is 13.8. The molecule has 0 fully saturated rings. The van der Waals surface area contributed by atoms with Crippen LogP contribution < -0.4 is 10.1 Å². The van der Waals surface area contributed by atoms with Crippen LogP contribution in [0.1, 0.15) is 11.1 Å². The summed E-state index contributed by atoms with van der Waals surface area (Å²) in [5.41, 5.74) is 1.97. The molecule has 20 heavy (non-hydrogen) atoms. The number of benzene rings is 1. The van der Waals surface area contributed by atoms with E-state index in [-0.39, 0.29) is 5.91 Å². The van der Waals surface area contributed by atoms with Crippen molar-refractivity contribution in [2.75, 3.05) is 7.11 Å². The second-order valence-corrected chi connectivity index (χ2v) is 4.18. The third-order valence-electron chi connectivity index (χ3n) is 2.76. The molecular weight excluding hydrogens is 252 g/mol. The second-order valence-electron chi connectivity index (χ2n) is 4.18. The van der Waals surface area contributed by atoms with Crippen LogP contribution in [-0.4, -0.2) is 18.0 Å². The lowest BCUT2D eigenvalue weighted by Crippen LogP contribution is -2.20. The van der Waals surface area contributed by atoms with Gasteiger partial charge in [0.1, 0.15) is 5.75 Å². The lowest BCUT2D eigenvalue weighted by molar-refractivity contribution is -0.116. The highest BCUT2D eigenvalue weighted by Crippen LogP contribution is 2.10. The summed E-state index contributed by atoms with van der Waals surface area (Å²) in [5.74, 6) is 0.676. The number of pyridine rings is 1. The normalized spacial score (nSPS) is 10.4. The zero-order valence-corrected chi connectivity index (χ0v) is 11.2. The van der Waals surface area contributed by atoms with E-state index in [9.17, 15) is 4.79 Å². The maximum absolute atomic E-state index is 11.7. The molecule has 0 atom stereocenters. The van der Waals surface area contributed by atoms with E-state index in [1.54, 1.807) is 25.6 Å². The van der Waals surface area contributed by atoms with Gasteiger partial charge in [-0.2, -0.15) is 0 Å². The molecule has 1 aromatic carbocycles. The summed E-state index contributed by atoms with van der Waals surface area (Å²) in [7, 11) is 1.63. The molecule has 0 aliphatic heterocycles. The van der Waals surface area contributed by atoms with Crippen molar-refractivity contribution in [1.29, 1.82) is 0 Å². The molecule has 1 aromatic heterocycles. The van der Waals surface area contributed by atoms with Crippen LogP contribution in [0.25, 0.3) is 6.08 Å². The van der Waals surface area contributed by atoms with Crippen molar-refractivity contribution in [3.8, 4) is 5.75 Å². The Hall–Kier alpha value is -2.62. The highest BCUT2D eigenvalue weighted by atomic mass is 16.5. The Morgan fingerprint density at radius 1 is 1.20 bits per heavy atom. The van der Waals surface area contributed by atoms with Gasteiger partial charge in [0.25, 0.3) is 0 Å². The molecule has 0 unspecified atom stereocenters. The second kappa shape index (κ2) is 7.09. The van der Waals surface area contributed by atoms with Crippen LogP contribution in [0.2, 0.25) is 0 Å². The summed E-state index contributed by atoms with van der Waals surface area (Å²) in [6.07, 6.45) is 6.65. The number of methoxy groups -OCH3 is 1. The van der Waals surface area contributed by atoms with Gasteiger partial charge >= 0.3 is 0 Å². The van der Waals surface area contributed by atoms with Gasteiger partial charge in [-0.3, -0.25) is 9.78 Å². The number of nitrogens with zero attached hydrogens (tertiary/aromatic N) is 1. The standard InChI is InChI=1S/C16H16N2O2/c1-20-15-5-2-14(3-6-15)12-18-16(19)7-4-13-8-10-17-11-9-13/h2-11H,12H2,1H3,(H,18,19). The third kappa shape index (κ3) is 4.24. The third-order valence-corrected chi connectivity index (χ3v) is 2.76. The SMILES string of the molecule is COc1ccc(CNC(=O)C=Cc2ccncc2)cc1. The molecule has 1 amide bonds. The van der Waals surface area contributed by atoms with E-state index in [1.165, 1.54) is 6.08 Å². The Kier molecular flexibility index (Phi) is 4.89. The fourth-order valence-corrected chi connectivity index (χ4v) is 1.64. The van der Waals surface area contributed by atoms with Crippen LogP contribution in [0.4, 0.5) is 0 Å². The molecule has 1 N–H and O–H groups in total. The number of nitrogens with one attached hydrogen (secondary N) is 1. The van der Waals surface area contributed by atoms with Crippen molar-refractivity contribution < 1.29 is 9.53 Å². The molecule has 2 aromatic rings. The van der Waals surface area contributed by atoms with Gasteiger partial charge in [-0.05, 0) is 41.5 Å². The minimum absolute atomic E-state index is 0.127. The first-order chi connectivity index (χ1) is 9.78. The molecule has 0 saturated carbocycles. The number of rotatable bonds is 5. The summed E-state index contributed by atoms with van der Waals surface area (Å²) in [6, 6.07) is 11.3. The number of hydrogen-bond acceptors (Lipinski definition) is 3. The number of ether oxygens (including phenoxy) is 1. The van der Waals surface area contributed by atoms with Crippen molar-refractivity contribution in [2.24, 2.45) is 0 Å². The minimum atomic E-state index is -0.127. The highest BCUT2D eigenvalue weighted by molar-refractivity contribution is 5.91. The van der Waals surface area contributed by atoms with E-state index in [0.29, 0.717) is 6.54 Å². The maximum atomic E-state index is 11.7. The fourth-order valence-electron chi connectivity index (χ4n) is 1.64. The molecule has 1 heterocycles. The van der Waals surface area contributed by atoms with E-state index < -0.39 is 0 Å². The Labute approximate surface area is 118 Å². The summed E-state index contributed by atoms with van der Waals surface area (Å²) in [4.78, 5) is 15.6. The largest absolute Gasteiger partial charge is 0.497 e. The van der Waals surface area contributed by atoms with Crippen molar-refractivity contribution >= 4 is 12.0 Å². The highest BCUT2D eigenvalue weighted by Gasteiger charge is 1.97. The van der Waals surface area contributed by atoms with Gasteiger partial charge < -0.3 is 10.1 Å². The van der Waals surface area contributed by atoms with Gasteiger partial charge in [0, 0.05) is 25.0 Å². The smallest absolute Gasteiger partial charge is 0.244 e. The number of carbonyl (C=O) groups excluding carboxylic acids is 1. The Bertz CT molecular complexity index is 577. The first-order valence-corrected chi connectivity index (χ1v) is 6.27. The Balaban J connectivity index is 1.84. The van der Waals surface area contributed by atoms with Crippen molar-refractivity contribution in [2.45, 2.75) is 6.54 Å². The monoisotopic (exact) mass is 268 g/mol. The zero-order valence-electron chi connectivity index (χ0n) is 11.2. The molecule has 4 heteroatoms. The molecule has 102 valence electrons. The molecule has 2 rings (SSSR count). The Morgan fingerprint density at radius 2 is 1.90 bits per heavy atom. The molecular formula is C16H16N2O2. The van der Waals surface area contributed by atoms with Gasteiger partial charge in [-0.15, -0.1) is 0 Å². The minimum Gasteiger partial charge on any atom is -0.497 e. The average molecular weight is 268 g/mol. The van der Waals surface area contributed by atoms with Gasteiger partial charge in [0.15, 0.2) is 0 Å². The van der Waals surface area contributed by atoms with Gasteiger partial charge in [-0.1, -0.05) is 12.1 Å². The number of amides is 1. The van der Waals surface area contributed by atoms with E-state index in [1.807, 2.05) is 36.4 Å². The van der Waals surface area contributed by atoms with Crippen LogP contribution >= 0.6 is 0 Å². The fraction of sp³-hybridized carbons (Fsp3) is 0.125. The Morgan fingerprint density at radius 3 is 2.55 bits per heavy atom. The van der Waals surface area contributed by atoms with Crippen molar-refractivity contribution in [1.82, 2.24) is 10.3 Å². The summed E-state index contributed by atoms with van der Waals surface area (Å²) >= 11 is 0. The number of hydrogen-bond donors (Lipinski definition) is 1. The van der Waals surface area contributed by atoms with Crippen LogP contribution in [0.5, 0.6) is 5.75 Å². The zero-order chi connectivity index (χ0) is 14.2. The summed E-state index contributed by atoms with van der Waals surface area (Å²) in [6.45, 7) is 0.490. The van der Waals surface area contributed by atoms with Gasteiger partial charge in [0.2, 0.25) is 5.91 Å². The van der Waals surface area contributed by atoms with Gasteiger partial charge in [-0.25, -0.2) is 0 Å². The van der Waals surface area contributed by atoms with Crippen molar-refractivity contribution in [3.05, 3.63) is 66.0 Å². The summed E-state index contributed by atoms with van der Waals surface area (Å²) in [5, 5.41) is 2.82. The molecule has 4 nitrogen and oxygen atoms in total. The molecule has 0 radical (unpaired) electrons. The van der Waals surface area contributed by atoms with Crippen LogP contribution in [0.3, 0.4) is 0 Å². The van der Waals surface area contributed by atoms with Crippen LogP contribution in [-0.2, 0) is 11.3 Å². The molecule has 0 saturated heterocycles. The lowest BCUT2D eigenvalue weighted by Gasteiger charge is -2.04.